The molecule has 0 saturated heterocycles. The van der Waals surface area contributed by atoms with Crippen LogP contribution in [0, 0.1) is 0 Å². The van der Waals surface area contributed by atoms with Crippen molar-refractivity contribution in [1.29, 1.82) is 0 Å². The summed E-state index contributed by atoms with van der Waals surface area (Å²) >= 11 is 0. The summed E-state index contributed by atoms with van der Waals surface area (Å²) in [5.74, 6) is 0.0689. The summed E-state index contributed by atoms with van der Waals surface area (Å²) in [4.78, 5) is 16.3. The molecule has 0 bridgehead atoms. The fraction of sp³-hybridized carbons (Fsp3) is 0.562. The van der Waals surface area contributed by atoms with Crippen molar-refractivity contribution in [3.63, 3.8) is 0 Å². The fourth-order valence-corrected chi connectivity index (χ4v) is 2.24. The molecule has 0 spiro atoms. The molecule has 0 heterocycles. The third-order valence-corrected chi connectivity index (χ3v) is 3.45. The normalized spacial score (nSPS) is 9.73. The summed E-state index contributed by atoms with van der Waals surface area (Å²) in [6, 6.07) is 8.35. The van der Waals surface area contributed by atoms with E-state index in [0.29, 0.717) is 12.6 Å². The van der Waals surface area contributed by atoms with Gasteiger partial charge in [-0.2, -0.15) is 0 Å². The van der Waals surface area contributed by atoms with Crippen molar-refractivity contribution < 1.29 is 4.79 Å². The highest BCUT2D eigenvalue weighted by atomic mass is 35.5. The average molecular weight is 350 g/mol. The number of nitrogens with zero attached hydrogens (tertiary/aromatic N) is 2. The van der Waals surface area contributed by atoms with Crippen LogP contribution in [0.5, 0.6) is 0 Å². The predicted molar refractivity (Wildman–Crippen MR) is 100.0 cm³/mol. The second kappa shape index (κ2) is 11.6. The highest BCUT2D eigenvalue weighted by Crippen LogP contribution is 2.18. The SMILES string of the molecule is CCN(c1ccc(C(=O)N(C)CCNC)cc1)C(C)C.Cl.Cl. The first kappa shape index (κ1) is 23.3. The third kappa shape index (κ3) is 6.42. The third-order valence-electron chi connectivity index (χ3n) is 3.45. The smallest absolute Gasteiger partial charge is 0.253 e. The Labute approximate surface area is 147 Å². The Kier molecular flexibility index (Phi) is 12.3. The monoisotopic (exact) mass is 349 g/mol. The van der Waals surface area contributed by atoms with Crippen LogP contribution in [-0.2, 0) is 0 Å². The van der Waals surface area contributed by atoms with Crippen molar-refractivity contribution >= 4 is 36.4 Å². The fourth-order valence-electron chi connectivity index (χ4n) is 2.24. The van der Waals surface area contributed by atoms with Crippen LogP contribution in [0.4, 0.5) is 5.69 Å². The number of rotatable bonds is 7. The lowest BCUT2D eigenvalue weighted by Gasteiger charge is -2.27. The molecule has 0 atom stereocenters. The van der Waals surface area contributed by atoms with Gasteiger partial charge >= 0.3 is 0 Å². The van der Waals surface area contributed by atoms with E-state index in [1.807, 2.05) is 38.4 Å². The number of carbonyl (C=O) groups excluding carboxylic acids is 1. The van der Waals surface area contributed by atoms with Gasteiger partial charge in [-0.1, -0.05) is 0 Å². The van der Waals surface area contributed by atoms with Gasteiger partial charge in [0.05, 0.1) is 0 Å². The first-order chi connectivity index (χ1) is 9.51. The van der Waals surface area contributed by atoms with Gasteiger partial charge in [0.25, 0.3) is 5.91 Å². The molecule has 1 amide bonds. The van der Waals surface area contributed by atoms with Gasteiger partial charge in [0.1, 0.15) is 0 Å². The van der Waals surface area contributed by atoms with E-state index in [1.165, 1.54) is 0 Å². The standard InChI is InChI=1S/C16H27N3O.2ClH/c1-6-19(13(2)3)15-9-7-14(8-10-15)16(20)18(5)12-11-17-4;;/h7-10,13,17H,6,11-12H2,1-5H3;2*1H. The Balaban J connectivity index is 0. The summed E-state index contributed by atoms with van der Waals surface area (Å²) in [7, 11) is 3.72. The summed E-state index contributed by atoms with van der Waals surface area (Å²) in [6.45, 7) is 8.97. The second-order valence-corrected chi connectivity index (χ2v) is 5.26. The van der Waals surface area contributed by atoms with Crippen molar-refractivity contribution in [3.05, 3.63) is 29.8 Å². The lowest BCUT2D eigenvalue weighted by molar-refractivity contribution is 0.0797. The van der Waals surface area contributed by atoms with Gasteiger partial charge in [-0.25, -0.2) is 0 Å². The van der Waals surface area contributed by atoms with E-state index in [0.717, 1.165) is 24.3 Å². The van der Waals surface area contributed by atoms with Crippen molar-refractivity contribution in [2.75, 3.05) is 38.6 Å². The maximum Gasteiger partial charge on any atom is 0.253 e. The second-order valence-electron chi connectivity index (χ2n) is 5.26. The zero-order chi connectivity index (χ0) is 15.1. The summed E-state index contributed by atoms with van der Waals surface area (Å²) in [5.41, 5.74) is 1.91. The molecule has 6 heteroatoms. The van der Waals surface area contributed by atoms with Crippen molar-refractivity contribution in [1.82, 2.24) is 10.2 Å². The number of anilines is 1. The number of benzene rings is 1. The summed E-state index contributed by atoms with van der Waals surface area (Å²) < 4.78 is 0. The summed E-state index contributed by atoms with van der Waals surface area (Å²) in [5, 5.41) is 3.05. The van der Waals surface area contributed by atoms with Crippen molar-refractivity contribution in [3.8, 4) is 0 Å². The van der Waals surface area contributed by atoms with E-state index < -0.39 is 0 Å². The van der Waals surface area contributed by atoms with E-state index in [2.05, 4.69) is 31.0 Å². The van der Waals surface area contributed by atoms with E-state index in [1.54, 1.807) is 4.90 Å². The van der Waals surface area contributed by atoms with Gasteiger partial charge in [0.15, 0.2) is 0 Å². The lowest BCUT2D eigenvalue weighted by Crippen LogP contribution is -2.33. The van der Waals surface area contributed by atoms with Crippen LogP contribution in [0.3, 0.4) is 0 Å². The van der Waals surface area contributed by atoms with Crippen LogP contribution >= 0.6 is 24.8 Å². The van der Waals surface area contributed by atoms with Crippen LogP contribution in [0.15, 0.2) is 24.3 Å². The Morgan fingerprint density at radius 3 is 2.14 bits per heavy atom. The maximum absolute atomic E-state index is 12.2. The van der Waals surface area contributed by atoms with Crippen LogP contribution in [0.2, 0.25) is 0 Å². The number of hydrogen-bond donors (Lipinski definition) is 1. The van der Waals surface area contributed by atoms with Crippen LogP contribution in [0.25, 0.3) is 0 Å². The Morgan fingerprint density at radius 2 is 1.73 bits per heavy atom. The largest absolute Gasteiger partial charge is 0.369 e. The lowest BCUT2D eigenvalue weighted by atomic mass is 10.1. The Morgan fingerprint density at radius 1 is 1.18 bits per heavy atom. The molecule has 1 rings (SSSR count). The molecule has 4 nitrogen and oxygen atoms in total. The molecule has 1 N–H and O–H groups in total. The highest BCUT2D eigenvalue weighted by molar-refractivity contribution is 5.94. The van der Waals surface area contributed by atoms with Crippen molar-refractivity contribution in [2.45, 2.75) is 26.8 Å². The first-order valence-electron chi connectivity index (χ1n) is 7.28. The zero-order valence-electron chi connectivity index (χ0n) is 14.1. The summed E-state index contributed by atoms with van der Waals surface area (Å²) in [6.07, 6.45) is 0. The number of likely N-dealkylation sites (N-methyl/N-ethyl adjacent to an activating group) is 2. The van der Waals surface area contributed by atoms with E-state index >= 15 is 0 Å². The molecule has 0 radical (unpaired) electrons. The zero-order valence-corrected chi connectivity index (χ0v) is 15.8. The topological polar surface area (TPSA) is 35.6 Å². The molecule has 22 heavy (non-hydrogen) atoms. The Bertz CT molecular complexity index is 424. The molecule has 1 aromatic carbocycles. The van der Waals surface area contributed by atoms with E-state index in [9.17, 15) is 4.79 Å². The first-order valence-corrected chi connectivity index (χ1v) is 7.28. The van der Waals surface area contributed by atoms with Gasteiger partial charge in [-0.15, -0.1) is 24.8 Å². The molecule has 0 aliphatic rings. The number of halogens is 2. The molecule has 0 aromatic heterocycles. The molecule has 0 unspecified atom stereocenters. The minimum Gasteiger partial charge on any atom is -0.369 e. The van der Waals surface area contributed by atoms with Crippen LogP contribution in [0.1, 0.15) is 31.1 Å². The molecular formula is C16H29Cl2N3O. The maximum atomic E-state index is 12.2. The van der Waals surface area contributed by atoms with Gasteiger partial charge in [-0.05, 0) is 52.1 Å². The molecule has 0 saturated carbocycles. The number of carbonyl (C=O) groups is 1. The Hall–Kier alpha value is -0.970. The molecule has 0 aliphatic heterocycles. The number of amides is 1. The quantitative estimate of drug-likeness (QED) is 0.821. The van der Waals surface area contributed by atoms with Crippen LogP contribution < -0.4 is 10.2 Å². The minimum absolute atomic E-state index is 0. The highest BCUT2D eigenvalue weighted by Gasteiger charge is 2.13. The average Bonchev–Trinajstić information content (AvgIpc) is 2.45. The minimum atomic E-state index is 0. The number of nitrogens with one attached hydrogen (secondary N) is 1. The van der Waals surface area contributed by atoms with Gasteiger partial charge in [0, 0.05) is 44.0 Å². The predicted octanol–water partition coefficient (Wildman–Crippen LogP) is 3.06. The number of hydrogen-bond acceptors (Lipinski definition) is 3. The van der Waals surface area contributed by atoms with Crippen LogP contribution in [-0.4, -0.2) is 50.6 Å². The van der Waals surface area contributed by atoms with Gasteiger partial charge in [-0.3, -0.25) is 4.79 Å². The van der Waals surface area contributed by atoms with E-state index in [-0.39, 0.29) is 30.7 Å². The van der Waals surface area contributed by atoms with E-state index in [4.69, 9.17) is 0 Å². The van der Waals surface area contributed by atoms with Gasteiger partial charge < -0.3 is 15.1 Å². The molecule has 0 aliphatic carbocycles. The van der Waals surface area contributed by atoms with Gasteiger partial charge in [0.2, 0.25) is 0 Å². The molecule has 1 aromatic rings. The molecule has 128 valence electrons. The molecular weight excluding hydrogens is 321 g/mol. The molecule has 0 fully saturated rings. The van der Waals surface area contributed by atoms with Crippen molar-refractivity contribution in [2.24, 2.45) is 0 Å².